The van der Waals surface area contributed by atoms with Crippen molar-refractivity contribution in [1.29, 1.82) is 4.78 Å². The molecule has 1 aromatic carbocycles. The van der Waals surface area contributed by atoms with Crippen LogP contribution in [-0.4, -0.2) is 37.2 Å². The van der Waals surface area contributed by atoms with Crippen LogP contribution in [-0.2, 0) is 34.0 Å². The molecule has 5 rings (SSSR count). The second-order valence-corrected chi connectivity index (χ2v) is 10.8. The molecule has 1 aliphatic heterocycles. The van der Waals surface area contributed by atoms with E-state index in [-0.39, 0.29) is 29.2 Å². The average Bonchev–Trinajstić information content (AvgIpc) is 3.41. The van der Waals surface area contributed by atoms with E-state index in [0.717, 1.165) is 48.9 Å². The van der Waals surface area contributed by atoms with E-state index in [1.807, 2.05) is 0 Å². The number of aliphatic hydroxyl groups excluding tert-OH is 1. The lowest BCUT2D eigenvalue weighted by Gasteiger charge is -2.26. The minimum absolute atomic E-state index is 0.0149. The van der Waals surface area contributed by atoms with E-state index >= 15 is 0 Å². The summed E-state index contributed by atoms with van der Waals surface area (Å²) < 4.78 is 27.1. The fraction of sp³-hybridized carbons (Fsp3) is 0.524. The Hall–Kier alpha value is -2.43. The number of aryl methyl sites for hydroxylation is 2. The first-order valence-corrected chi connectivity index (χ1v) is 12.2. The number of fused-ring (bicyclic) bond motifs is 3. The smallest absolute Gasteiger partial charge is 0.253 e. The van der Waals surface area contributed by atoms with Gasteiger partial charge in [0, 0.05) is 11.6 Å². The molecule has 3 atom stereocenters. The standard InChI is InChI=1S/C21H27N5O4S/c1-21(2)18(26-20(30-21)15(9-24-26)31(22,23)29)19(28)25-17-14-5-3-4-11(14)8-12-6-7-13(10-27)16(12)17/h8-9,13,18,27H,3-7,10H2,1-2H3,(H,25,28)(H3,22,23,29)/t13-,18?/m1/s1. The molecular formula is C21H27N5O4S. The topological polar surface area (TPSA) is 143 Å². The lowest BCUT2D eigenvalue weighted by Crippen LogP contribution is -2.41. The number of carbonyl (C=O) groups excluding carboxylic acids is 1. The second-order valence-electron chi connectivity index (χ2n) is 9.19. The van der Waals surface area contributed by atoms with Crippen molar-refractivity contribution in [2.75, 3.05) is 11.9 Å². The number of nitrogens with zero attached hydrogens (tertiary/aromatic N) is 2. The SMILES string of the molecule is CC1(C)Oc2c(S(=N)(N)=O)cnn2C1C(=O)Nc1c2c(cc3c1[C@@H](CO)CC3)CCC2. The predicted octanol–water partition coefficient (Wildman–Crippen LogP) is 2.02. The van der Waals surface area contributed by atoms with E-state index in [2.05, 4.69) is 16.5 Å². The first-order valence-electron chi connectivity index (χ1n) is 10.5. The van der Waals surface area contributed by atoms with Gasteiger partial charge in [-0.05, 0) is 68.2 Å². The van der Waals surface area contributed by atoms with Gasteiger partial charge >= 0.3 is 0 Å². The highest BCUT2D eigenvalue weighted by Gasteiger charge is 2.49. The van der Waals surface area contributed by atoms with Crippen LogP contribution in [0.1, 0.15) is 60.9 Å². The summed E-state index contributed by atoms with van der Waals surface area (Å²) in [5.74, 6) is -0.177. The Kier molecular flexibility index (Phi) is 4.48. The summed E-state index contributed by atoms with van der Waals surface area (Å²) in [6.45, 7) is 3.57. The molecule has 0 saturated carbocycles. The normalized spacial score (nSPS) is 24.8. The Bertz CT molecular complexity index is 1200. The Balaban J connectivity index is 1.56. The molecule has 0 fully saturated rings. The maximum atomic E-state index is 13.6. The number of benzene rings is 1. The van der Waals surface area contributed by atoms with Crippen LogP contribution < -0.4 is 15.2 Å². The van der Waals surface area contributed by atoms with Crippen molar-refractivity contribution in [2.45, 2.75) is 68.4 Å². The van der Waals surface area contributed by atoms with Gasteiger partial charge in [-0.25, -0.2) is 18.8 Å². The molecule has 0 saturated heterocycles. The second kappa shape index (κ2) is 6.78. The van der Waals surface area contributed by atoms with Crippen molar-refractivity contribution >= 4 is 21.5 Å². The highest BCUT2D eigenvalue weighted by atomic mass is 32.2. The number of carbonyl (C=O) groups is 1. The minimum Gasteiger partial charge on any atom is -0.468 e. The summed E-state index contributed by atoms with van der Waals surface area (Å²) in [5, 5.41) is 22.8. The van der Waals surface area contributed by atoms with Crippen molar-refractivity contribution in [2.24, 2.45) is 5.14 Å². The number of anilines is 1. The minimum atomic E-state index is -3.54. The number of amides is 1. The number of rotatable bonds is 4. The van der Waals surface area contributed by atoms with Gasteiger partial charge in [0.2, 0.25) is 5.88 Å². The average molecular weight is 446 g/mol. The lowest BCUT2D eigenvalue weighted by molar-refractivity contribution is -0.122. The van der Waals surface area contributed by atoms with Crippen LogP contribution in [0.15, 0.2) is 17.2 Å². The number of hydrogen-bond acceptors (Lipinski definition) is 6. The van der Waals surface area contributed by atoms with Crippen LogP contribution in [0.2, 0.25) is 0 Å². The Labute approximate surface area is 181 Å². The summed E-state index contributed by atoms with van der Waals surface area (Å²) >= 11 is 0. The molecule has 0 bridgehead atoms. The number of nitrogens with two attached hydrogens (primary N) is 1. The van der Waals surface area contributed by atoms with Gasteiger partial charge in [0.1, 0.15) is 20.4 Å². The van der Waals surface area contributed by atoms with Gasteiger partial charge in [-0.1, -0.05) is 6.07 Å². The molecule has 0 radical (unpaired) electrons. The molecule has 2 unspecified atom stereocenters. The summed E-state index contributed by atoms with van der Waals surface area (Å²) in [6, 6.07) is 1.43. The lowest BCUT2D eigenvalue weighted by atomic mass is 9.93. The van der Waals surface area contributed by atoms with Crippen molar-refractivity contribution in [3.8, 4) is 5.88 Å². The number of aromatic nitrogens is 2. The fourth-order valence-corrected chi connectivity index (χ4v) is 5.94. The highest BCUT2D eigenvalue weighted by Crippen LogP contribution is 2.46. The van der Waals surface area contributed by atoms with Gasteiger partial charge in [-0.15, -0.1) is 0 Å². The Morgan fingerprint density at radius 2 is 2.19 bits per heavy atom. The predicted molar refractivity (Wildman–Crippen MR) is 115 cm³/mol. The van der Waals surface area contributed by atoms with Crippen LogP contribution in [0.4, 0.5) is 5.69 Å². The molecule has 2 aliphatic carbocycles. The quantitative estimate of drug-likeness (QED) is 0.569. The first kappa shape index (κ1) is 20.5. The Morgan fingerprint density at radius 3 is 2.90 bits per heavy atom. The molecule has 5 N–H and O–H groups in total. The third kappa shape index (κ3) is 3.07. The third-order valence-corrected chi connectivity index (χ3v) is 7.65. The monoisotopic (exact) mass is 445 g/mol. The van der Waals surface area contributed by atoms with E-state index in [9.17, 15) is 14.1 Å². The molecule has 2 heterocycles. The zero-order valence-electron chi connectivity index (χ0n) is 17.6. The van der Waals surface area contributed by atoms with Crippen LogP contribution in [0.25, 0.3) is 0 Å². The zero-order valence-corrected chi connectivity index (χ0v) is 18.4. The van der Waals surface area contributed by atoms with Crippen LogP contribution in [0.3, 0.4) is 0 Å². The van der Waals surface area contributed by atoms with Crippen LogP contribution >= 0.6 is 0 Å². The molecule has 10 heteroatoms. The van der Waals surface area contributed by atoms with Gasteiger partial charge in [-0.2, -0.15) is 5.10 Å². The summed E-state index contributed by atoms with van der Waals surface area (Å²) in [7, 11) is -3.54. The molecule has 166 valence electrons. The van der Waals surface area contributed by atoms with Crippen molar-refractivity contribution in [3.05, 3.63) is 34.5 Å². The molecular weight excluding hydrogens is 418 g/mol. The third-order valence-electron chi connectivity index (χ3n) is 6.72. The molecule has 0 spiro atoms. The maximum absolute atomic E-state index is 13.6. The summed E-state index contributed by atoms with van der Waals surface area (Å²) in [6.07, 6.45) is 5.94. The van der Waals surface area contributed by atoms with E-state index < -0.39 is 21.6 Å². The van der Waals surface area contributed by atoms with Gasteiger partial charge in [-0.3, -0.25) is 4.79 Å². The summed E-state index contributed by atoms with van der Waals surface area (Å²) in [5.41, 5.74) is 4.54. The summed E-state index contributed by atoms with van der Waals surface area (Å²) in [4.78, 5) is 13.6. The molecule has 1 amide bonds. The van der Waals surface area contributed by atoms with Gasteiger partial charge in [0.25, 0.3) is 5.91 Å². The molecule has 2 aromatic rings. The molecule has 9 nitrogen and oxygen atoms in total. The van der Waals surface area contributed by atoms with Gasteiger partial charge in [0.15, 0.2) is 6.04 Å². The van der Waals surface area contributed by atoms with E-state index in [1.165, 1.54) is 22.0 Å². The zero-order chi connectivity index (χ0) is 22.1. The van der Waals surface area contributed by atoms with E-state index in [0.29, 0.717) is 0 Å². The van der Waals surface area contributed by atoms with E-state index in [1.54, 1.807) is 13.8 Å². The van der Waals surface area contributed by atoms with Crippen LogP contribution in [0.5, 0.6) is 5.88 Å². The molecule has 31 heavy (non-hydrogen) atoms. The fourth-order valence-electron chi connectivity index (χ4n) is 5.34. The highest BCUT2D eigenvalue weighted by molar-refractivity contribution is 7.90. The van der Waals surface area contributed by atoms with Gasteiger partial charge < -0.3 is 15.2 Å². The first-order chi connectivity index (χ1) is 14.6. The van der Waals surface area contributed by atoms with E-state index in [4.69, 9.17) is 14.7 Å². The van der Waals surface area contributed by atoms with Gasteiger partial charge in [0.05, 0.1) is 12.8 Å². The number of hydrogen-bond donors (Lipinski definition) is 4. The molecule has 1 aromatic heterocycles. The number of ether oxygens (including phenoxy) is 1. The number of aliphatic hydroxyl groups is 1. The maximum Gasteiger partial charge on any atom is 0.253 e. The van der Waals surface area contributed by atoms with Crippen molar-refractivity contribution in [1.82, 2.24) is 9.78 Å². The van der Waals surface area contributed by atoms with Crippen LogP contribution in [0, 0.1) is 4.78 Å². The number of nitrogens with one attached hydrogen (secondary N) is 2. The molecule has 3 aliphatic rings. The largest absolute Gasteiger partial charge is 0.468 e. The van der Waals surface area contributed by atoms with Crippen molar-refractivity contribution in [3.63, 3.8) is 0 Å². The van der Waals surface area contributed by atoms with Crippen molar-refractivity contribution < 1.29 is 18.8 Å². The Morgan fingerprint density at radius 1 is 1.42 bits per heavy atom.